The Labute approximate surface area is 85.4 Å². The van der Waals surface area contributed by atoms with Crippen LogP contribution in [0.3, 0.4) is 0 Å². The molecule has 0 bridgehead atoms. The zero-order chi connectivity index (χ0) is 10.3. The first-order chi connectivity index (χ1) is 6.61. The number of fused-ring (bicyclic) bond motifs is 1. The summed E-state index contributed by atoms with van der Waals surface area (Å²) in [6.45, 7) is 6.65. The first-order valence-corrected chi connectivity index (χ1v) is 5.16. The number of rotatable bonds is 1. The van der Waals surface area contributed by atoms with Crippen molar-refractivity contribution >= 4 is 10.9 Å². The minimum absolute atomic E-state index is 0.590. The Bertz CT molecular complexity index is 463. The highest BCUT2D eigenvalue weighted by Crippen LogP contribution is 2.26. The van der Waals surface area contributed by atoms with Gasteiger partial charge in [-0.05, 0) is 30.5 Å². The fraction of sp³-hybridized carbons (Fsp3) is 0.385. The number of aromatic nitrogens is 1. The van der Waals surface area contributed by atoms with Crippen molar-refractivity contribution in [3.63, 3.8) is 0 Å². The second kappa shape index (κ2) is 3.16. The highest BCUT2D eigenvalue weighted by molar-refractivity contribution is 5.84. The maximum atomic E-state index is 2.31. The Morgan fingerprint density at radius 1 is 1.21 bits per heavy atom. The summed E-state index contributed by atoms with van der Waals surface area (Å²) in [6, 6.07) is 8.80. The first-order valence-electron chi connectivity index (χ1n) is 5.16. The molecular formula is C13H17N. The van der Waals surface area contributed by atoms with E-state index in [0.717, 1.165) is 0 Å². The molecule has 1 aromatic carbocycles. The number of hydrogen-bond acceptors (Lipinski definition) is 0. The van der Waals surface area contributed by atoms with Gasteiger partial charge in [0, 0.05) is 23.6 Å². The fourth-order valence-electron chi connectivity index (χ4n) is 2.08. The van der Waals surface area contributed by atoms with Crippen molar-refractivity contribution in [2.24, 2.45) is 7.05 Å². The lowest BCUT2D eigenvalue weighted by molar-refractivity contribution is 0.755. The van der Waals surface area contributed by atoms with Gasteiger partial charge in [-0.15, -0.1) is 0 Å². The molecule has 74 valence electrons. The van der Waals surface area contributed by atoms with Crippen molar-refractivity contribution in [1.29, 1.82) is 0 Å². The number of aryl methyl sites for hydroxylation is 2. The standard InChI is InChI=1S/C13H17N/c1-9(2)13-8-11-10(3)6-5-7-12(11)14(13)4/h5-9H,1-4H3. The van der Waals surface area contributed by atoms with Gasteiger partial charge >= 0.3 is 0 Å². The topological polar surface area (TPSA) is 4.93 Å². The minimum atomic E-state index is 0.590. The van der Waals surface area contributed by atoms with Gasteiger partial charge in [0.05, 0.1) is 0 Å². The second-order valence-electron chi connectivity index (χ2n) is 4.29. The third-order valence-corrected chi connectivity index (χ3v) is 2.93. The lowest BCUT2D eigenvalue weighted by atomic mass is 10.1. The Kier molecular flexibility index (Phi) is 2.10. The zero-order valence-corrected chi connectivity index (χ0v) is 9.33. The Morgan fingerprint density at radius 3 is 2.50 bits per heavy atom. The van der Waals surface area contributed by atoms with E-state index < -0.39 is 0 Å². The van der Waals surface area contributed by atoms with Crippen LogP contribution in [0.1, 0.15) is 31.0 Å². The molecule has 0 N–H and O–H groups in total. The predicted molar refractivity (Wildman–Crippen MR) is 61.7 cm³/mol. The van der Waals surface area contributed by atoms with Crippen molar-refractivity contribution in [2.75, 3.05) is 0 Å². The lowest BCUT2D eigenvalue weighted by Crippen LogP contribution is -1.97. The average Bonchev–Trinajstić information content (AvgIpc) is 2.46. The van der Waals surface area contributed by atoms with E-state index in [4.69, 9.17) is 0 Å². The molecule has 0 amide bonds. The van der Waals surface area contributed by atoms with Crippen LogP contribution in [-0.2, 0) is 7.05 Å². The smallest absolute Gasteiger partial charge is 0.0482 e. The van der Waals surface area contributed by atoms with E-state index in [1.165, 1.54) is 22.2 Å². The van der Waals surface area contributed by atoms with Gasteiger partial charge in [-0.1, -0.05) is 26.0 Å². The normalized spacial score (nSPS) is 11.5. The molecule has 0 saturated carbocycles. The van der Waals surface area contributed by atoms with Crippen LogP contribution < -0.4 is 0 Å². The van der Waals surface area contributed by atoms with Crippen LogP contribution in [0.15, 0.2) is 24.3 Å². The van der Waals surface area contributed by atoms with Crippen LogP contribution in [0.4, 0.5) is 0 Å². The predicted octanol–water partition coefficient (Wildman–Crippen LogP) is 3.61. The molecule has 2 aromatic rings. The van der Waals surface area contributed by atoms with Gasteiger partial charge in [0.25, 0.3) is 0 Å². The highest BCUT2D eigenvalue weighted by atomic mass is 14.9. The van der Waals surface area contributed by atoms with E-state index >= 15 is 0 Å². The van der Waals surface area contributed by atoms with E-state index in [2.05, 4.69) is 56.7 Å². The van der Waals surface area contributed by atoms with E-state index in [9.17, 15) is 0 Å². The van der Waals surface area contributed by atoms with Crippen molar-refractivity contribution < 1.29 is 0 Å². The fourth-order valence-corrected chi connectivity index (χ4v) is 2.08. The molecule has 1 heteroatoms. The lowest BCUT2D eigenvalue weighted by Gasteiger charge is -2.06. The molecule has 0 aliphatic carbocycles. The third kappa shape index (κ3) is 1.24. The second-order valence-corrected chi connectivity index (χ2v) is 4.29. The molecular weight excluding hydrogens is 170 g/mol. The molecule has 0 aliphatic rings. The Hall–Kier alpha value is -1.24. The first kappa shape index (κ1) is 9.32. The maximum absolute atomic E-state index is 2.31. The third-order valence-electron chi connectivity index (χ3n) is 2.93. The molecule has 0 atom stereocenters. The molecule has 0 aliphatic heterocycles. The zero-order valence-electron chi connectivity index (χ0n) is 9.33. The number of benzene rings is 1. The quantitative estimate of drug-likeness (QED) is 0.642. The molecule has 1 nitrogen and oxygen atoms in total. The van der Waals surface area contributed by atoms with E-state index in [0.29, 0.717) is 5.92 Å². The van der Waals surface area contributed by atoms with Gasteiger partial charge in [-0.2, -0.15) is 0 Å². The van der Waals surface area contributed by atoms with Gasteiger partial charge in [-0.3, -0.25) is 0 Å². The van der Waals surface area contributed by atoms with Crippen molar-refractivity contribution in [3.05, 3.63) is 35.5 Å². The van der Waals surface area contributed by atoms with Crippen LogP contribution >= 0.6 is 0 Å². The van der Waals surface area contributed by atoms with E-state index in [1.54, 1.807) is 0 Å². The highest BCUT2D eigenvalue weighted by Gasteiger charge is 2.09. The molecule has 1 heterocycles. The summed E-state index contributed by atoms with van der Waals surface area (Å²) in [7, 11) is 2.15. The summed E-state index contributed by atoms with van der Waals surface area (Å²) >= 11 is 0. The van der Waals surface area contributed by atoms with Gasteiger partial charge < -0.3 is 4.57 Å². The summed E-state index contributed by atoms with van der Waals surface area (Å²) in [6.07, 6.45) is 0. The van der Waals surface area contributed by atoms with Crippen molar-refractivity contribution in [1.82, 2.24) is 4.57 Å². The van der Waals surface area contributed by atoms with Crippen molar-refractivity contribution in [3.8, 4) is 0 Å². The van der Waals surface area contributed by atoms with Crippen molar-refractivity contribution in [2.45, 2.75) is 26.7 Å². The Balaban J connectivity index is 2.80. The van der Waals surface area contributed by atoms with Crippen LogP contribution in [-0.4, -0.2) is 4.57 Å². The molecule has 0 fully saturated rings. The van der Waals surface area contributed by atoms with E-state index in [-0.39, 0.29) is 0 Å². The molecule has 2 rings (SSSR count). The largest absolute Gasteiger partial charge is 0.347 e. The molecule has 0 spiro atoms. The Morgan fingerprint density at radius 2 is 1.93 bits per heavy atom. The van der Waals surface area contributed by atoms with Gasteiger partial charge in [0.1, 0.15) is 0 Å². The summed E-state index contributed by atoms with van der Waals surface area (Å²) in [5, 5.41) is 1.39. The monoisotopic (exact) mass is 187 g/mol. The SMILES string of the molecule is Cc1cccc2c1cc(C(C)C)n2C. The molecule has 0 saturated heterocycles. The van der Waals surface area contributed by atoms with E-state index in [1.807, 2.05) is 0 Å². The molecule has 0 unspecified atom stereocenters. The summed E-state index contributed by atoms with van der Waals surface area (Å²) in [5.41, 5.74) is 4.12. The van der Waals surface area contributed by atoms with Crippen LogP contribution in [0.25, 0.3) is 10.9 Å². The number of nitrogens with zero attached hydrogens (tertiary/aromatic N) is 1. The molecule has 14 heavy (non-hydrogen) atoms. The average molecular weight is 187 g/mol. The summed E-state index contributed by atoms with van der Waals surface area (Å²) < 4.78 is 2.30. The summed E-state index contributed by atoms with van der Waals surface area (Å²) in [4.78, 5) is 0. The minimum Gasteiger partial charge on any atom is -0.347 e. The molecule has 0 radical (unpaired) electrons. The summed E-state index contributed by atoms with van der Waals surface area (Å²) in [5.74, 6) is 0.590. The van der Waals surface area contributed by atoms with Crippen LogP contribution in [0, 0.1) is 6.92 Å². The van der Waals surface area contributed by atoms with Crippen LogP contribution in [0.2, 0.25) is 0 Å². The van der Waals surface area contributed by atoms with Gasteiger partial charge in [0.2, 0.25) is 0 Å². The van der Waals surface area contributed by atoms with Gasteiger partial charge in [-0.25, -0.2) is 0 Å². The number of hydrogen-bond donors (Lipinski definition) is 0. The molecule has 1 aromatic heterocycles. The van der Waals surface area contributed by atoms with Crippen LogP contribution in [0.5, 0.6) is 0 Å². The maximum Gasteiger partial charge on any atom is 0.0482 e. The van der Waals surface area contributed by atoms with Gasteiger partial charge in [0.15, 0.2) is 0 Å².